The predicted octanol–water partition coefficient (Wildman–Crippen LogP) is 3.12. The van der Waals surface area contributed by atoms with Crippen molar-refractivity contribution in [2.45, 2.75) is 32.7 Å². The largest absolute Gasteiger partial charge is 0.508 e. The highest BCUT2D eigenvalue weighted by Gasteiger charge is 2.40. The molecule has 110 valence electrons. The highest BCUT2D eigenvalue weighted by molar-refractivity contribution is 6.30. The van der Waals surface area contributed by atoms with Gasteiger partial charge < -0.3 is 10.2 Å². The van der Waals surface area contributed by atoms with Gasteiger partial charge in [0, 0.05) is 23.7 Å². The third-order valence-corrected chi connectivity index (χ3v) is 4.46. The predicted molar refractivity (Wildman–Crippen MR) is 78.0 cm³/mol. The SMILES string of the molecule is CCC1(C(=O)O)CCCN(Cc2cc(Cl)ccc2O)C1. The number of likely N-dealkylation sites (tertiary alicyclic amines) is 1. The smallest absolute Gasteiger partial charge is 0.310 e. The molecule has 20 heavy (non-hydrogen) atoms. The number of nitrogens with zero attached hydrogens (tertiary/aromatic N) is 1. The fourth-order valence-electron chi connectivity index (χ4n) is 2.90. The van der Waals surface area contributed by atoms with Crippen LogP contribution in [0.2, 0.25) is 5.02 Å². The van der Waals surface area contributed by atoms with E-state index in [-0.39, 0.29) is 5.75 Å². The Hall–Kier alpha value is -1.26. The van der Waals surface area contributed by atoms with Crippen LogP contribution >= 0.6 is 11.6 Å². The first-order valence-electron chi connectivity index (χ1n) is 6.90. The van der Waals surface area contributed by atoms with Crippen molar-refractivity contribution in [1.82, 2.24) is 4.90 Å². The van der Waals surface area contributed by atoms with Crippen LogP contribution in [0.1, 0.15) is 31.7 Å². The number of rotatable bonds is 4. The zero-order chi connectivity index (χ0) is 14.8. The van der Waals surface area contributed by atoms with Gasteiger partial charge in [-0.15, -0.1) is 0 Å². The molecule has 2 N–H and O–H groups in total. The molecule has 0 aromatic heterocycles. The van der Waals surface area contributed by atoms with E-state index in [0.717, 1.165) is 24.9 Å². The van der Waals surface area contributed by atoms with Crippen molar-refractivity contribution in [2.24, 2.45) is 5.41 Å². The minimum absolute atomic E-state index is 0.206. The van der Waals surface area contributed by atoms with E-state index in [1.807, 2.05) is 6.92 Å². The van der Waals surface area contributed by atoms with Crippen LogP contribution in [0.3, 0.4) is 0 Å². The third kappa shape index (κ3) is 3.07. The Labute approximate surface area is 124 Å². The van der Waals surface area contributed by atoms with Gasteiger partial charge in [-0.05, 0) is 44.0 Å². The van der Waals surface area contributed by atoms with Crippen molar-refractivity contribution in [3.63, 3.8) is 0 Å². The second-order valence-corrected chi connectivity index (χ2v) is 5.96. The Kier molecular flexibility index (Phi) is 4.55. The molecule has 1 fully saturated rings. The van der Waals surface area contributed by atoms with E-state index in [1.165, 1.54) is 0 Å². The maximum absolute atomic E-state index is 11.5. The van der Waals surface area contributed by atoms with Crippen molar-refractivity contribution in [2.75, 3.05) is 13.1 Å². The normalized spacial score (nSPS) is 23.7. The number of phenols is 1. The minimum atomic E-state index is -0.722. The molecule has 5 heteroatoms. The zero-order valence-electron chi connectivity index (χ0n) is 11.6. The molecule has 1 aliphatic rings. The average molecular weight is 298 g/mol. The van der Waals surface area contributed by atoms with E-state index in [1.54, 1.807) is 18.2 Å². The van der Waals surface area contributed by atoms with Crippen LogP contribution < -0.4 is 0 Å². The number of hydrogen-bond donors (Lipinski definition) is 2. The summed E-state index contributed by atoms with van der Waals surface area (Å²) in [6.45, 7) is 3.82. The van der Waals surface area contributed by atoms with E-state index in [0.29, 0.717) is 24.5 Å². The lowest BCUT2D eigenvalue weighted by molar-refractivity contribution is -0.153. The van der Waals surface area contributed by atoms with Gasteiger partial charge in [-0.25, -0.2) is 0 Å². The van der Waals surface area contributed by atoms with E-state index in [4.69, 9.17) is 11.6 Å². The van der Waals surface area contributed by atoms with Gasteiger partial charge in [0.2, 0.25) is 0 Å². The molecule has 1 aromatic carbocycles. The van der Waals surface area contributed by atoms with E-state index < -0.39 is 11.4 Å². The van der Waals surface area contributed by atoms with Crippen molar-refractivity contribution in [1.29, 1.82) is 0 Å². The lowest BCUT2D eigenvalue weighted by Gasteiger charge is -2.39. The topological polar surface area (TPSA) is 60.8 Å². The molecule has 1 aromatic rings. The van der Waals surface area contributed by atoms with Gasteiger partial charge in [-0.2, -0.15) is 0 Å². The first-order valence-corrected chi connectivity index (χ1v) is 7.28. The monoisotopic (exact) mass is 297 g/mol. The third-order valence-electron chi connectivity index (χ3n) is 4.22. The Morgan fingerprint density at radius 2 is 2.25 bits per heavy atom. The molecule has 0 spiro atoms. The summed E-state index contributed by atoms with van der Waals surface area (Å²) in [7, 11) is 0. The van der Waals surface area contributed by atoms with Crippen LogP contribution in [0, 0.1) is 5.41 Å². The van der Waals surface area contributed by atoms with E-state index >= 15 is 0 Å². The number of carboxylic acid groups (broad SMARTS) is 1. The molecule has 2 rings (SSSR count). The van der Waals surface area contributed by atoms with Gasteiger partial charge in [-0.3, -0.25) is 9.69 Å². The molecule has 4 nitrogen and oxygen atoms in total. The molecule has 1 atom stereocenters. The van der Waals surface area contributed by atoms with Crippen molar-refractivity contribution < 1.29 is 15.0 Å². The fraction of sp³-hybridized carbons (Fsp3) is 0.533. The zero-order valence-corrected chi connectivity index (χ0v) is 12.4. The Morgan fingerprint density at radius 3 is 2.90 bits per heavy atom. The number of benzene rings is 1. The van der Waals surface area contributed by atoms with Gasteiger partial charge in [-0.1, -0.05) is 18.5 Å². The summed E-state index contributed by atoms with van der Waals surface area (Å²) in [6.07, 6.45) is 2.21. The van der Waals surface area contributed by atoms with Crippen LogP contribution in [0.25, 0.3) is 0 Å². The molecule has 1 aliphatic heterocycles. The van der Waals surface area contributed by atoms with Gasteiger partial charge in [0.1, 0.15) is 5.75 Å². The lowest BCUT2D eigenvalue weighted by Crippen LogP contribution is -2.47. The quantitative estimate of drug-likeness (QED) is 0.896. The number of carboxylic acids is 1. The second-order valence-electron chi connectivity index (χ2n) is 5.53. The maximum atomic E-state index is 11.5. The molecular formula is C15H20ClNO3. The number of carbonyl (C=O) groups is 1. The molecule has 0 bridgehead atoms. The number of piperidine rings is 1. The minimum Gasteiger partial charge on any atom is -0.508 e. The number of phenolic OH excluding ortho intramolecular Hbond substituents is 1. The van der Waals surface area contributed by atoms with Crippen LogP contribution in [0.5, 0.6) is 5.75 Å². The van der Waals surface area contributed by atoms with Gasteiger partial charge in [0.15, 0.2) is 0 Å². The average Bonchev–Trinajstić information content (AvgIpc) is 2.43. The summed E-state index contributed by atoms with van der Waals surface area (Å²) >= 11 is 5.94. The summed E-state index contributed by atoms with van der Waals surface area (Å²) in [4.78, 5) is 13.6. The van der Waals surface area contributed by atoms with Crippen molar-refractivity contribution >= 4 is 17.6 Å². The molecule has 1 saturated heterocycles. The van der Waals surface area contributed by atoms with Gasteiger partial charge in [0.25, 0.3) is 0 Å². The Bertz CT molecular complexity index is 506. The van der Waals surface area contributed by atoms with Crippen LogP contribution in [-0.2, 0) is 11.3 Å². The van der Waals surface area contributed by atoms with Crippen molar-refractivity contribution in [3.8, 4) is 5.75 Å². The highest BCUT2D eigenvalue weighted by atomic mass is 35.5. The summed E-state index contributed by atoms with van der Waals surface area (Å²) in [6, 6.07) is 4.95. The molecule has 1 heterocycles. The van der Waals surface area contributed by atoms with Gasteiger partial charge >= 0.3 is 5.97 Å². The molecule has 0 aliphatic carbocycles. The molecule has 1 unspecified atom stereocenters. The summed E-state index contributed by atoms with van der Waals surface area (Å²) in [5.41, 5.74) is 0.0849. The number of aliphatic carboxylic acids is 1. The van der Waals surface area contributed by atoms with Crippen LogP contribution in [0.15, 0.2) is 18.2 Å². The number of halogens is 1. The summed E-state index contributed by atoms with van der Waals surface area (Å²) in [5.74, 6) is -0.516. The standard InChI is InChI=1S/C15H20ClNO3/c1-2-15(14(19)20)6-3-7-17(10-15)9-11-8-12(16)4-5-13(11)18/h4-5,8,18H,2-3,6-7,9-10H2,1H3,(H,19,20). The van der Waals surface area contributed by atoms with Gasteiger partial charge in [0.05, 0.1) is 5.41 Å². The van der Waals surface area contributed by atoms with E-state index in [9.17, 15) is 15.0 Å². The Balaban J connectivity index is 2.13. The lowest BCUT2D eigenvalue weighted by atomic mass is 9.77. The molecule has 0 saturated carbocycles. The molecule has 0 amide bonds. The highest BCUT2D eigenvalue weighted by Crippen LogP contribution is 2.35. The summed E-state index contributed by atoms with van der Waals surface area (Å²) in [5, 5.41) is 19.9. The maximum Gasteiger partial charge on any atom is 0.310 e. The molecule has 0 radical (unpaired) electrons. The van der Waals surface area contributed by atoms with E-state index in [2.05, 4.69) is 4.90 Å². The number of aromatic hydroxyl groups is 1. The van der Waals surface area contributed by atoms with Crippen molar-refractivity contribution in [3.05, 3.63) is 28.8 Å². The second kappa shape index (κ2) is 6.02. The first kappa shape index (κ1) is 15.1. The molecular weight excluding hydrogens is 278 g/mol. The van der Waals surface area contributed by atoms with Crippen LogP contribution in [0.4, 0.5) is 0 Å². The Morgan fingerprint density at radius 1 is 1.50 bits per heavy atom. The summed E-state index contributed by atoms with van der Waals surface area (Å²) < 4.78 is 0. The fourth-order valence-corrected chi connectivity index (χ4v) is 3.09. The first-order chi connectivity index (χ1) is 9.47. The van der Waals surface area contributed by atoms with Crippen LogP contribution in [-0.4, -0.2) is 34.2 Å². The number of hydrogen-bond acceptors (Lipinski definition) is 3.